The molecule has 0 fully saturated rings. The summed E-state index contributed by atoms with van der Waals surface area (Å²) in [6.45, 7) is 6.35. The molecule has 2 amide bonds. The molecule has 0 aliphatic carbocycles. The Bertz CT molecular complexity index is 1120. The highest BCUT2D eigenvalue weighted by atomic mass is 35.5. The smallest absolute Gasteiger partial charge is 0.329 e. The van der Waals surface area contributed by atoms with E-state index in [9.17, 15) is 9.59 Å². The van der Waals surface area contributed by atoms with Crippen LogP contribution < -0.4 is 10.7 Å². The molecular formula is C24H25ClN4O2. The predicted octanol–water partition coefficient (Wildman–Crippen LogP) is 3.86. The first-order chi connectivity index (χ1) is 14.9. The third-order valence-corrected chi connectivity index (χ3v) is 5.24. The van der Waals surface area contributed by atoms with Crippen molar-refractivity contribution in [3.8, 4) is 5.69 Å². The molecule has 7 heteroatoms. The van der Waals surface area contributed by atoms with Crippen molar-refractivity contribution in [1.82, 2.24) is 15.3 Å². The Morgan fingerprint density at radius 3 is 2.52 bits per heavy atom. The lowest BCUT2D eigenvalue weighted by Crippen LogP contribution is -2.38. The van der Waals surface area contributed by atoms with Gasteiger partial charge in [0.15, 0.2) is 0 Å². The average molecular weight is 437 g/mol. The number of rotatable bonds is 6. The van der Waals surface area contributed by atoms with Crippen LogP contribution in [0.25, 0.3) is 5.69 Å². The Balaban J connectivity index is 1.60. The largest absolute Gasteiger partial charge is 0.347 e. The van der Waals surface area contributed by atoms with E-state index in [4.69, 9.17) is 11.6 Å². The van der Waals surface area contributed by atoms with Gasteiger partial charge in [-0.3, -0.25) is 9.59 Å². The molecule has 0 bridgehead atoms. The molecular weight excluding hydrogens is 412 g/mol. The summed E-state index contributed by atoms with van der Waals surface area (Å²) in [4.78, 5) is 23.9. The van der Waals surface area contributed by atoms with E-state index in [1.807, 2.05) is 75.4 Å². The van der Waals surface area contributed by atoms with Gasteiger partial charge in [-0.1, -0.05) is 48.0 Å². The van der Waals surface area contributed by atoms with Gasteiger partial charge in [0.05, 0.1) is 6.21 Å². The van der Waals surface area contributed by atoms with Gasteiger partial charge in [-0.15, -0.1) is 0 Å². The van der Waals surface area contributed by atoms with Crippen LogP contribution in [0.15, 0.2) is 59.7 Å². The minimum atomic E-state index is -0.802. The zero-order chi connectivity index (χ0) is 22.4. The van der Waals surface area contributed by atoms with Gasteiger partial charge in [0, 0.05) is 34.2 Å². The van der Waals surface area contributed by atoms with E-state index in [-0.39, 0.29) is 0 Å². The summed E-state index contributed by atoms with van der Waals surface area (Å²) < 4.78 is 2.08. The van der Waals surface area contributed by atoms with Gasteiger partial charge in [0.1, 0.15) is 0 Å². The zero-order valence-corrected chi connectivity index (χ0v) is 18.5. The molecule has 0 atom stereocenters. The predicted molar refractivity (Wildman–Crippen MR) is 124 cm³/mol. The number of hydrogen-bond donors (Lipinski definition) is 2. The maximum atomic E-state index is 12.0. The highest BCUT2D eigenvalue weighted by Gasteiger charge is 2.13. The number of nitrogens with zero attached hydrogens (tertiary/aromatic N) is 2. The van der Waals surface area contributed by atoms with E-state index in [1.165, 1.54) is 6.21 Å². The summed E-state index contributed by atoms with van der Waals surface area (Å²) in [5.74, 6) is -1.52. The molecule has 0 aliphatic rings. The number of amides is 2. The summed E-state index contributed by atoms with van der Waals surface area (Å²) in [7, 11) is 0. The highest BCUT2D eigenvalue weighted by molar-refractivity contribution is 6.35. The average Bonchev–Trinajstić information content (AvgIpc) is 3.03. The van der Waals surface area contributed by atoms with Gasteiger partial charge in [-0.25, -0.2) is 5.43 Å². The van der Waals surface area contributed by atoms with Crippen LogP contribution in [0.4, 0.5) is 0 Å². The van der Waals surface area contributed by atoms with Gasteiger partial charge in [0.2, 0.25) is 0 Å². The Morgan fingerprint density at radius 2 is 1.77 bits per heavy atom. The van der Waals surface area contributed by atoms with Crippen LogP contribution in [-0.4, -0.2) is 29.1 Å². The number of benzene rings is 2. The second-order valence-electron chi connectivity index (χ2n) is 7.28. The normalized spacial score (nSPS) is 11.0. The van der Waals surface area contributed by atoms with Crippen molar-refractivity contribution >= 4 is 29.6 Å². The molecule has 0 spiro atoms. The number of carbonyl (C=O) groups is 2. The van der Waals surface area contributed by atoms with Crippen LogP contribution in [0, 0.1) is 20.8 Å². The summed E-state index contributed by atoms with van der Waals surface area (Å²) in [5.41, 5.74) is 8.25. The molecule has 0 saturated carbocycles. The molecule has 1 aromatic heterocycles. The Kier molecular flexibility index (Phi) is 7.26. The molecule has 2 aromatic carbocycles. The molecule has 0 saturated heterocycles. The topological polar surface area (TPSA) is 75.5 Å². The highest BCUT2D eigenvalue weighted by Crippen LogP contribution is 2.25. The van der Waals surface area contributed by atoms with Gasteiger partial charge in [-0.2, -0.15) is 5.10 Å². The molecule has 3 rings (SSSR count). The Hall–Kier alpha value is -3.38. The Morgan fingerprint density at radius 1 is 1.03 bits per heavy atom. The summed E-state index contributed by atoms with van der Waals surface area (Å²) >= 11 is 6.17. The lowest BCUT2D eigenvalue weighted by atomic mass is 10.1. The van der Waals surface area contributed by atoms with E-state index in [0.717, 1.165) is 33.8 Å². The van der Waals surface area contributed by atoms with E-state index in [0.29, 0.717) is 18.0 Å². The van der Waals surface area contributed by atoms with Gasteiger partial charge < -0.3 is 9.88 Å². The van der Waals surface area contributed by atoms with Crippen molar-refractivity contribution in [2.45, 2.75) is 27.2 Å². The fourth-order valence-electron chi connectivity index (χ4n) is 3.37. The lowest BCUT2D eigenvalue weighted by Gasteiger charge is -2.13. The second kappa shape index (κ2) is 10.1. The van der Waals surface area contributed by atoms with Crippen molar-refractivity contribution in [1.29, 1.82) is 0 Å². The standard InChI is InChI=1S/C24H25ClN4O2/c1-16-9-10-21(25)14-22(16)29-17(2)13-20(18(29)3)15-27-28-24(31)23(30)26-12-11-19-7-5-4-6-8-19/h4-10,13-15H,11-12H2,1-3H3,(H,26,30)(H,28,31)/b27-15-. The molecule has 0 aliphatic heterocycles. The number of aromatic nitrogens is 1. The van der Waals surface area contributed by atoms with Gasteiger partial charge in [-0.05, 0) is 56.5 Å². The second-order valence-corrected chi connectivity index (χ2v) is 7.72. The van der Waals surface area contributed by atoms with Crippen molar-refractivity contribution in [3.05, 3.63) is 87.7 Å². The van der Waals surface area contributed by atoms with Crippen molar-refractivity contribution < 1.29 is 9.59 Å². The minimum Gasteiger partial charge on any atom is -0.347 e. The van der Waals surface area contributed by atoms with Crippen molar-refractivity contribution in [2.24, 2.45) is 5.10 Å². The number of halogens is 1. The molecule has 160 valence electrons. The van der Waals surface area contributed by atoms with E-state index < -0.39 is 11.8 Å². The van der Waals surface area contributed by atoms with E-state index >= 15 is 0 Å². The van der Waals surface area contributed by atoms with Gasteiger partial charge in [0.25, 0.3) is 0 Å². The summed E-state index contributed by atoms with van der Waals surface area (Å²) in [5, 5.41) is 7.21. The van der Waals surface area contributed by atoms with Crippen LogP contribution >= 0.6 is 11.6 Å². The van der Waals surface area contributed by atoms with Gasteiger partial charge >= 0.3 is 11.8 Å². The SMILES string of the molecule is Cc1ccc(Cl)cc1-n1c(C)cc(/C=N\NC(=O)C(=O)NCCc2ccccc2)c1C. The number of hydrazone groups is 1. The summed E-state index contributed by atoms with van der Waals surface area (Å²) in [6.07, 6.45) is 2.19. The number of nitrogens with one attached hydrogen (secondary N) is 2. The maximum Gasteiger partial charge on any atom is 0.329 e. The molecule has 0 radical (unpaired) electrons. The molecule has 0 unspecified atom stereocenters. The number of carbonyl (C=O) groups excluding carboxylic acids is 2. The number of hydrogen-bond acceptors (Lipinski definition) is 3. The fraction of sp³-hybridized carbons (Fsp3) is 0.208. The first-order valence-corrected chi connectivity index (χ1v) is 10.3. The van der Waals surface area contributed by atoms with Crippen LogP contribution in [0.1, 0.15) is 28.1 Å². The van der Waals surface area contributed by atoms with Crippen molar-refractivity contribution in [3.63, 3.8) is 0 Å². The van der Waals surface area contributed by atoms with E-state index in [1.54, 1.807) is 0 Å². The third kappa shape index (κ3) is 5.61. The van der Waals surface area contributed by atoms with E-state index in [2.05, 4.69) is 20.4 Å². The fourth-order valence-corrected chi connectivity index (χ4v) is 3.54. The lowest BCUT2D eigenvalue weighted by molar-refractivity contribution is -0.139. The molecule has 3 aromatic rings. The third-order valence-electron chi connectivity index (χ3n) is 5.00. The first kappa shape index (κ1) is 22.3. The van der Waals surface area contributed by atoms with Crippen LogP contribution in [0.2, 0.25) is 5.02 Å². The summed E-state index contributed by atoms with van der Waals surface area (Å²) in [6, 6.07) is 17.5. The molecule has 1 heterocycles. The quantitative estimate of drug-likeness (QED) is 0.349. The van der Waals surface area contributed by atoms with Crippen LogP contribution in [0.5, 0.6) is 0 Å². The molecule has 2 N–H and O–H groups in total. The first-order valence-electron chi connectivity index (χ1n) is 9.97. The van der Waals surface area contributed by atoms with Crippen molar-refractivity contribution in [2.75, 3.05) is 6.54 Å². The van der Waals surface area contributed by atoms with Crippen LogP contribution in [-0.2, 0) is 16.0 Å². The maximum absolute atomic E-state index is 12.0. The number of aryl methyl sites for hydroxylation is 2. The van der Waals surface area contributed by atoms with Crippen LogP contribution in [0.3, 0.4) is 0 Å². The zero-order valence-electron chi connectivity index (χ0n) is 17.8. The molecule has 31 heavy (non-hydrogen) atoms. The molecule has 6 nitrogen and oxygen atoms in total. The minimum absolute atomic E-state index is 0.375. The Labute approximate surface area is 186 Å². The monoisotopic (exact) mass is 436 g/mol.